The number of benzene rings is 1. The van der Waals surface area contributed by atoms with Gasteiger partial charge in [-0.3, -0.25) is 0 Å². The van der Waals surface area contributed by atoms with Crippen molar-refractivity contribution in [1.29, 1.82) is 5.26 Å². The van der Waals surface area contributed by atoms with Crippen LogP contribution in [0, 0.1) is 11.3 Å². The van der Waals surface area contributed by atoms with Crippen LogP contribution in [0.3, 0.4) is 0 Å². The van der Waals surface area contributed by atoms with Gasteiger partial charge in [-0.15, -0.1) is 0 Å². The summed E-state index contributed by atoms with van der Waals surface area (Å²) in [6.07, 6.45) is 0.485. The minimum atomic E-state index is 0.0359. The van der Waals surface area contributed by atoms with Gasteiger partial charge in [0.1, 0.15) is 6.07 Å². The molecule has 4 nitrogen and oxygen atoms in total. The minimum Gasteiger partial charge on any atom is -0.397 e. The Morgan fingerprint density at radius 1 is 1.38 bits per heavy atom. The highest BCUT2D eigenvalue weighted by molar-refractivity contribution is 5.71. The van der Waals surface area contributed by atoms with Crippen molar-refractivity contribution in [2.24, 2.45) is 0 Å². The van der Waals surface area contributed by atoms with Gasteiger partial charge in [0, 0.05) is 6.61 Å². The van der Waals surface area contributed by atoms with Crippen molar-refractivity contribution in [3.8, 4) is 6.07 Å². The maximum atomic E-state index is 8.69. The van der Waals surface area contributed by atoms with Crippen LogP contribution in [0.25, 0.3) is 0 Å². The number of hydrogen-bond donors (Lipinski definition) is 3. The monoisotopic (exact) mass is 177 g/mol. The molecular formula is C9H11N3O. The van der Waals surface area contributed by atoms with E-state index in [4.69, 9.17) is 21.8 Å². The van der Waals surface area contributed by atoms with Gasteiger partial charge in [0.2, 0.25) is 0 Å². The summed E-state index contributed by atoms with van der Waals surface area (Å²) in [6, 6.07) is 5.26. The van der Waals surface area contributed by atoms with E-state index >= 15 is 0 Å². The van der Waals surface area contributed by atoms with Crippen LogP contribution in [0.4, 0.5) is 11.4 Å². The average molecular weight is 177 g/mol. The van der Waals surface area contributed by atoms with Gasteiger partial charge in [0.15, 0.2) is 0 Å². The maximum Gasteiger partial charge on any atom is 0.101 e. The summed E-state index contributed by atoms with van der Waals surface area (Å²) in [5, 5.41) is 17.4. The molecule has 0 saturated heterocycles. The standard InChI is InChI=1S/C9H11N3O/c10-5-7-3-6(1-2-13)4-8(11)9(7)12/h3-4,13H,1-2,11-12H2. The summed E-state index contributed by atoms with van der Waals surface area (Å²) < 4.78 is 0. The zero-order valence-corrected chi connectivity index (χ0v) is 7.12. The van der Waals surface area contributed by atoms with E-state index in [1.807, 2.05) is 6.07 Å². The number of nitrogens with two attached hydrogens (primary N) is 2. The highest BCUT2D eigenvalue weighted by Gasteiger charge is 2.04. The molecule has 0 fully saturated rings. The van der Waals surface area contributed by atoms with E-state index in [9.17, 15) is 0 Å². The quantitative estimate of drug-likeness (QED) is 0.564. The lowest BCUT2D eigenvalue weighted by atomic mass is 10.1. The van der Waals surface area contributed by atoms with Crippen molar-refractivity contribution in [1.82, 2.24) is 0 Å². The number of hydrogen-bond acceptors (Lipinski definition) is 4. The van der Waals surface area contributed by atoms with Crippen LogP contribution in [0.2, 0.25) is 0 Å². The number of rotatable bonds is 2. The topological polar surface area (TPSA) is 96.1 Å². The Kier molecular flexibility index (Phi) is 2.72. The number of nitrogens with zero attached hydrogens (tertiary/aromatic N) is 1. The molecule has 0 atom stereocenters. The second-order valence-electron chi connectivity index (χ2n) is 2.73. The number of aliphatic hydroxyl groups is 1. The molecule has 0 amide bonds. The Bertz CT molecular complexity index is 355. The Morgan fingerprint density at radius 3 is 2.62 bits per heavy atom. The normalized spacial score (nSPS) is 9.54. The molecule has 0 saturated carbocycles. The first kappa shape index (κ1) is 9.36. The Hall–Kier alpha value is -1.73. The Balaban J connectivity index is 3.16. The largest absolute Gasteiger partial charge is 0.397 e. The van der Waals surface area contributed by atoms with Crippen LogP contribution in [-0.4, -0.2) is 11.7 Å². The van der Waals surface area contributed by atoms with E-state index < -0.39 is 0 Å². The highest BCUT2D eigenvalue weighted by Crippen LogP contribution is 2.21. The van der Waals surface area contributed by atoms with Crippen LogP contribution in [0.15, 0.2) is 12.1 Å². The van der Waals surface area contributed by atoms with Gasteiger partial charge in [-0.05, 0) is 24.1 Å². The SMILES string of the molecule is N#Cc1cc(CCO)cc(N)c1N. The zero-order valence-electron chi connectivity index (χ0n) is 7.12. The molecule has 0 bridgehead atoms. The molecule has 5 N–H and O–H groups in total. The predicted molar refractivity (Wildman–Crippen MR) is 50.8 cm³/mol. The third kappa shape index (κ3) is 1.89. The van der Waals surface area contributed by atoms with Crippen molar-refractivity contribution >= 4 is 11.4 Å². The molecule has 0 aliphatic carbocycles. The van der Waals surface area contributed by atoms with Crippen LogP contribution >= 0.6 is 0 Å². The van der Waals surface area contributed by atoms with Crippen molar-refractivity contribution in [2.45, 2.75) is 6.42 Å². The van der Waals surface area contributed by atoms with E-state index in [-0.39, 0.29) is 6.61 Å². The van der Waals surface area contributed by atoms with Crippen LogP contribution in [0.5, 0.6) is 0 Å². The van der Waals surface area contributed by atoms with E-state index in [0.717, 1.165) is 5.56 Å². The molecule has 1 aromatic carbocycles. The molecule has 1 rings (SSSR count). The lowest BCUT2D eigenvalue weighted by Crippen LogP contribution is -2.01. The molecule has 4 heteroatoms. The van der Waals surface area contributed by atoms with E-state index in [0.29, 0.717) is 23.4 Å². The molecule has 1 aromatic rings. The van der Waals surface area contributed by atoms with Gasteiger partial charge in [-0.25, -0.2) is 0 Å². The third-order valence-electron chi connectivity index (χ3n) is 1.79. The summed E-state index contributed by atoms with van der Waals surface area (Å²) in [7, 11) is 0. The highest BCUT2D eigenvalue weighted by atomic mass is 16.2. The average Bonchev–Trinajstić information content (AvgIpc) is 2.11. The molecule has 68 valence electrons. The van der Waals surface area contributed by atoms with Crippen LogP contribution in [-0.2, 0) is 6.42 Å². The van der Waals surface area contributed by atoms with Gasteiger partial charge in [-0.1, -0.05) is 0 Å². The van der Waals surface area contributed by atoms with Crippen LogP contribution < -0.4 is 11.5 Å². The summed E-state index contributed by atoms with van der Waals surface area (Å²) in [6.45, 7) is 0.0359. The van der Waals surface area contributed by atoms with E-state index in [1.54, 1.807) is 12.1 Å². The second-order valence-corrected chi connectivity index (χ2v) is 2.73. The molecule has 0 heterocycles. The fraction of sp³-hybridized carbons (Fsp3) is 0.222. The van der Waals surface area contributed by atoms with Crippen LogP contribution in [0.1, 0.15) is 11.1 Å². The molecule has 0 aliphatic rings. The molecule has 0 unspecified atom stereocenters. The maximum absolute atomic E-state index is 8.69. The van der Waals surface area contributed by atoms with E-state index in [2.05, 4.69) is 0 Å². The first-order chi connectivity index (χ1) is 6.19. The first-order valence-corrected chi connectivity index (χ1v) is 3.88. The molecule has 13 heavy (non-hydrogen) atoms. The molecule has 0 radical (unpaired) electrons. The summed E-state index contributed by atoms with van der Waals surface area (Å²) >= 11 is 0. The molecule has 0 aliphatic heterocycles. The van der Waals surface area contributed by atoms with Gasteiger partial charge in [0.25, 0.3) is 0 Å². The summed E-state index contributed by atoms with van der Waals surface area (Å²) in [5.41, 5.74) is 13.0. The van der Waals surface area contributed by atoms with Crippen molar-refractivity contribution in [3.05, 3.63) is 23.3 Å². The van der Waals surface area contributed by atoms with Gasteiger partial charge in [0.05, 0.1) is 16.9 Å². The molecule has 0 aromatic heterocycles. The lowest BCUT2D eigenvalue weighted by molar-refractivity contribution is 0.299. The Morgan fingerprint density at radius 2 is 2.08 bits per heavy atom. The number of aliphatic hydroxyl groups excluding tert-OH is 1. The summed E-state index contributed by atoms with van der Waals surface area (Å²) in [5.74, 6) is 0. The molecular weight excluding hydrogens is 166 g/mol. The van der Waals surface area contributed by atoms with Gasteiger partial charge in [-0.2, -0.15) is 5.26 Å². The fourth-order valence-corrected chi connectivity index (χ4v) is 1.10. The second kappa shape index (κ2) is 3.78. The zero-order chi connectivity index (χ0) is 9.84. The van der Waals surface area contributed by atoms with Gasteiger partial charge >= 0.3 is 0 Å². The smallest absolute Gasteiger partial charge is 0.101 e. The van der Waals surface area contributed by atoms with E-state index in [1.165, 1.54) is 0 Å². The number of anilines is 2. The number of nitrogen functional groups attached to an aromatic ring is 2. The lowest BCUT2D eigenvalue weighted by Gasteiger charge is -2.05. The van der Waals surface area contributed by atoms with Crippen molar-refractivity contribution < 1.29 is 5.11 Å². The predicted octanol–water partition coefficient (Wildman–Crippen LogP) is 0.257. The van der Waals surface area contributed by atoms with Crippen molar-refractivity contribution in [2.75, 3.05) is 18.1 Å². The van der Waals surface area contributed by atoms with Gasteiger partial charge < -0.3 is 16.6 Å². The summed E-state index contributed by atoms with van der Waals surface area (Å²) in [4.78, 5) is 0. The van der Waals surface area contributed by atoms with Crippen molar-refractivity contribution in [3.63, 3.8) is 0 Å². The fourth-order valence-electron chi connectivity index (χ4n) is 1.10. The molecule has 0 spiro atoms. The first-order valence-electron chi connectivity index (χ1n) is 3.88. The Labute approximate surface area is 76.4 Å². The number of nitriles is 1. The third-order valence-corrected chi connectivity index (χ3v) is 1.79. The minimum absolute atomic E-state index is 0.0359.